The van der Waals surface area contributed by atoms with Crippen LogP contribution in [0.4, 0.5) is 11.5 Å². The van der Waals surface area contributed by atoms with Gasteiger partial charge >= 0.3 is 5.82 Å². The second-order valence-electron chi connectivity index (χ2n) is 8.78. The quantitative estimate of drug-likeness (QED) is 0.380. The van der Waals surface area contributed by atoms with Crippen LogP contribution in [0.25, 0.3) is 0 Å². The molecule has 33 heavy (non-hydrogen) atoms. The molecule has 1 aliphatic rings. The van der Waals surface area contributed by atoms with Crippen molar-refractivity contribution in [3.8, 4) is 11.8 Å². The van der Waals surface area contributed by atoms with Crippen molar-refractivity contribution in [3.63, 3.8) is 0 Å². The number of sulfonamides is 1. The van der Waals surface area contributed by atoms with Crippen LogP contribution in [0, 0.1) is 11.8 Å². The second-order valence-corrected chi connectivity index (χ2v) is 12.3. The molecule has 1 unspecified atom stereocenters. The van der Waals surface area contributed by atoms with Gasteiger partial charge in [-0.15, -0.1) is 0 Å². The predicted molar refractivity (Wildman–Crippen MR) is 127 cm³/mol. The van der Waals surface area contributed by atoms with Gasteiger partial charge in [-0.2, -0.15) is 0 Å². The Morgan fingerprint density at radius 2 is 1.73 bits per heavy atom. The molecule has 2 heterocycles. The van der Waals surface area contributed by atoms with Gasteiger partial charge in [0.15, 0.2) is 0 Å². The maximum Gasteiger partial charge on any atom is 0.327 e. The first-order valence-corrected chi connectivity index (χ1v) is 13.7. The summed E-state index contributed by atoms with van der Waals surface area (Å²) >= 11 is 0. The highest BCUT2D eigenvalue weighted by atomic mass is 32.2. The summed E-state index contributed by atoms with van der Waals surface area (Å²) in [6.45, 7) is 7.81. The molecule has 0 bridgehead atoms. The maximum atomic E-state index is 11.3. The van der Waals surface area contributed by atoms with Gasteiger partial charge in [0.25, 0.3) is 0 Å². The van der Waals surface area contributed by atoms with Crippen molar-refractivity contribution in [1.82, 2.24) is 0 Å². The van der Waals surface area contributed by atoms with Gasteiger partial charge in [0.2, 0.25) is 10.0 Å². The van der Waals surface area contributed by atoms with Crippen LogP contribution >= 0.6 is 0 Å². The fraction of sp³-hybridized carbons (Fsp3) is 0.391. The Balaban J connectivity index is 1.94. The maximum absolute atomic E-state index is 11.3. The molecule has 1 aromatic heterocycles. The lowest BCUT2D eigenvalue weighted by Gasteiger charge is -2.18. The first-order valence-electron chi connectivity index (χ1n) is 10.3. The Morgan fingerprint density at radius 1 is 1.12 bits per heavy atom. The van der Waals surface area contributed by atoms with Gasteiger partial charge in [0.05, 0.1) is 44.7 Å². The zero-order chi connectivity index (χ0) is 24.6. The summed E-state index contributed by atoms with van der Waals surface area (Å²) in [5.41, 5.74) is 3.51. The third kappa shape index (κ3) is 5.99. The Kier molecular flexibility index (Phi) is 6.71. The molecule has 1 aromatic carbocycles. The van der Waals surface area contributed by atoms with Crippen molar-refractivity contribution >= 4 is 37.4 Å². The van der Waals surface area contributed by atoms with E-state index in [1.54, 1.807) is 24.3 Å². The van der Waals surface area contributed by atoms with Crippen molar-refractivity contribution < 1.29 is 26.0 Å². The topological polar surface area (TPSA) is 120 Å². The predicted octanol–water partition coefficient (Wildman–Crippen LogP) is 2.45. The minimum atomic E-state index is -4.36. The minimum Gasteiger partial charge on any atom is -0.748 e. The first-order chi connectivity index (χ1) is 15.2. The van der Waals surface area contributed by atoms with Crippen molar-refractivity contribution in [2.24, 2.45) is 4.99 Å². The van der Waals surface area contributed by atoms with E-state index in [1.807, 2.05) is 23.8 Å². The molecule has 0 aliphatic carbocycles. The van der Waals surface area contributed by atoms with E-state index in [1.165, 1.54) is 6.92 Å². The lowest BCUT2D eigenvalue weighted by Crippen LogP contribution is -2.38. The summed E-state index contributed by atoms with van der Waals surface area (Å²) in [5.74, 6) is 6.95. The Hall–Kier alpha value is -2.74. The number of hydrogen-bond acceptors (Lipinski definition) is 6. The Labute approximate surface area is 195 Å². The number of nitrogens with one attached hydrogen (secondary N) is 1. The van der Waals surface area contributed by atoms with Gasteiger partial charge in [-0.25, -0.2) is 21.4 Å². The van der Waals surface area contributed by atoms with Gasteiger partial charge in [-0.1, -0.05) is 11.8 Å². The number of benzene rings is 1. The lowest BCUT2D eigenvalue weighted by molar-refractivity contribution is -0.684. The highest BCUT2D eigenvalue weighted by molar-refractivity contribution is 7.92. The molecule has 0 amide bonds. The molecule has 1 atom stereocenters. The average molecular weight is 490 g/mol. The second kappa shape index (κ2) is 8.89. The summed E-state index contributed by atoms with van der Waals surface area (Å²) < 4.78 is 60.9. The molecule has 0 spiro atoms. The molecular weight excluding hydrogens is 462 g/mol. The highest BCUT2D eigenvalue weighted by Gasteiger charge is 2.41. The van der Waals surface area contributed by atoms with Crippen LogP contribution in [0.3, 0.4) is 0 Å². The number of pyridine rings is 1. The summed E-state index contributed by atoms with van der Waals surface area (Å²) in [7, 11) is -7.71. The molecule has 0 saturated carbocycles. The van der Waals surface area contributed by atoms with E-state index in [0.29, 0.717) is 17.8 Å². The van der Waals surface area contributed by atoms with E-state index in [9.17, 15) is 21.4 Å². The van der Waals surface area contributed by atoms with Crippen molar-refractivity contribution in [3.05, 3.63) is 53.2 Å². The fourth-order valence-corrected chi connectivity index (χ4v) is 4.36. The number of nitrogens with zero attached hydrogens (tertiary/aromatic N) is 2. The molecule has 10 heteroatoms. The molecule has 3 rings (SSSR count). The zero-order valence-corrected chi connectivity index (χ0v) is 20.8. The monoisotopic (exact) mass is 489 g/mol. The van der Waals surface area contributed by atoms with E-state index >= 15 is 0 Å². The molecule has 1 aliphatic heterocycles. The number of aliphatic imine (C=N–C) groups is 1. The molecule has 176 valence electrons. The summed E-state index contributed by atoms with van der Waals surface area (Å²) in [6.07, 6.45) is 3.07. The van der Waals surface area contributed by atoms with Crippen LogP contribution in [0.1, 0.15) is 50.8 Å². The van der Waals surface area contributed by atoms with E-state index < -0.39 is 25.4 Å². The Morgan fingerprint density at radius 3 is 2.30 bits per heavy atom. The largest absolute Gasteiger partial charge is 0.748 e. The number of fused-ring (bicyclic) bond motifs is 1. The fourth-order valence-electron chi connectivity index (χ4n) is 3.40. The molecule has 1 N–H and O–H groups in total. The van der Waals surface area contributed by atoms with E-state index in [-0.39, 0.29) is 11.8 Å². The number of aromatic nitrogens is 1. The number of rotatable bonds is 6. The lowest BCUT2D eigenvalue weighted by atomic mass is 9.82. The average Bonchev–Trinajstić information content (AvgIpc) is 2.92. The molecule has 2 aromatic rings. The van der Waals surface area contributed by atoms with E-state index in [2.05, 4.69) is 30.4 Å². The van der Waals surface area contributed by atoms with Crippen LogP contribution in [0.2, 0.25) is 0 Å². The van der Waals surface area contributed by atoms with E-state index in [0.717, 1.165) is 28.9 Å². The first kappa shape index (κ1) is 24.9. The van der Waals surface area contributed by atoms with Crippen molar-refractivity contribution in [2.45, 2.75) is 51.3 Å². The van der Waals surface area contributed by atoms with Crippen LogP contribution in [0.15, 0.2) is 41.5 Å². The number of aryl methyl sites for hydroxylation is 1. The summed E-state index contributed by atoms with van der Waals surface area (Å²) in [5, 5.41) is -1.01. The molecule has 0 fully saturated rings. The van der Waals surface area contributed by atoms with Crippen LogP contribution in [-0.4, -0.2) is 38.6 Å². The van der Waals surface area contributed by atoms with Gasteiger partial charge in [-0.3, -0.25) is 4.72 Å². The molecule has 8 nitrogen and oxygen atoms in total. The number of hydrogen-bond donors (Lipinski definition) is 1. The smallest absolute Gasteiger partial charge is 0.327 e. The van der Waals surface area contributed by atoms with Crippen LogP contribution < -0.4 is 9.29 Å². The van der Waals surface area contributed by atoms with Crippen molar-refractivity contribution in [2.75, 3.05) is 11.0 Å². The summed E-state index contributed by atoms with van der Waals surface area (Å²) in [4.78, 5) is 4.69. The van der Waals surface area contributed by atoms with Crippen LogP contribution in [0.5, 0.6) is 0 Å². The van der Waals surface area contributed by atoms with Crippen LogP contribution in [-0.2, 0) is 32.1 Å². The highest BCUT2D eigenvalue weighted by Crippen LogP contribution is 2.38. The molecular formula is C23H27N3O5S2. The number of anilines is 1. The normalized spacial score (nSPS) is 15.8. The SMILES string of the molecule is CC1=Nc2c(cc(C#Cc3ccc(NS(C)(=O)=O)cc3)c[n+]2CCC(C)S(=O)(=O)[O-])C1(C)C. The van der Waals surface area contributed by atoms with Gasteiger partial charge in [-0.05, 0) is 63.0 Å². The molecule has 0 saturated heterocycles. The zero-order valence-electron chi connectivity index (χ0n) is 19.2. The Bertz CT molecular complexity index is 1380. The van der Waals surface area contributed by atoms with E-state index in [4.69, 9.17) is 4.99 Å². The molecule has 0 radical (unpaired) electrons. The van der Waals surface area contributed by atoms with Gasteiger partial charge < -0.3 is 4.55 Å². The summed E-state index contributed by atoms with van der Waals surface area (Å²) in [6, 6.07) is 8.70. The minimum absolute atomic E-state index is 0.170. The van der Waals surface area contributed by atoms with Crippen molar-refractivity contribution in [1.29, 1.82) is 0 Å². The third-order valence-corrected chi connectivity index (χ3v) is 7.60. The van der Waals surface area contributed by atoms with Gasteiger partial charge in [0, 0.05) is 17.7 Å². The third-order valence-electron chi connectivity index (χ3n) is 5.77. The van der Waals surface area contributed by atoms with Gasteiger partial charge in [0.1, 0.15) is 11.9 Å². The standard InChI is InChI=1S/C23H27N3O5S2/c1-16(33(29,30)31)12-13-26-15-19(14-21-22(26)24-17(2)23(21,3)4)7-6-18-8-10-20(11-9-18)25-32(5,27)28/h8-11,14-16,25H,12-13H2,1-5H3.